The van der Waals surface area contributed by atoms with Crippen molar-refractivity contribution in [1.82, 2.24) is 4.90 Å². The summed E-state index contributed by atoms with van der Waals surface area (Å²) in [4.78, 5) is 26.9. The van der Waals surface area contributed by atoms with Crippen molar-refractivity contribution in [2.24, 2.45) is 5.92 Å². The zero-order valence-electron chi connectivity index (χ0n) is 13.5. The van der Waals surface area contributed by atoms with Gasteiger partial charge in [-0.1, -0.05) is 29.8 Å². The molecule has 2 rings (SSSR count). The van der Waals surface area contributed by atoms with Gasteiger partial charge in [0, 0.05) is 43.1 Å². The summed E-state index contributed by atoms with van der Waals surface area (Å²) in [6, 6.07) is 5.09. The summed E-state index contributed by atoms with van der Waals surface area (Å²) < 4.78 is 0.690. The maximum absolute atomic E-state index is 12.2. The molecule has 0 N–H and O–H groups in total. The van der Waals surface area contributed by atoms with E-state index in [4.69, 9.17) is 0 Å². The molecule has 6 nitrogen and oxygen atoms in total. The van der Waals surface area contributed by atoms with E-state index in [1.807, 2.05) is 15.9 Å². The minimum absolute atomic E-state index is 0.0963. The van der Waals surface area contributed by atoms with Gasteiger partial charge in [-0.3, -0.25) is 14.9 Å². The van der Waals surface area contributed by atoms with Gasteiger partial charge in [-0.2, -0.15) is 0 Å². The highest BCUT2D eigenvalue weighted by molar-refractivity contribution is 9.10. The average Bonchev–Trinajstić information content (AvgIpc) is 2.52. The number of hydrogen-bond donors (Lipinski definition) is 0. The van der Waals surface area contributed by atoms with Gasteiger partial charge in [0.25, 0.3) is 5.69 Å². The second-order valence-corrected chi connectivity index (χ2v) is 7.11. The quantitative estimate of drug-likeness (QED) is 0.576. The van der Waals surface area contributed by atoms with Crippen molar-refractivity contribution in [3.8, 4) is 0 Å². The summed E-state index contributed by atoms with van der Waals surface area (Å²) in [5.74, 6) is 0.703. The van der Waals surface area contributed by atoms with Crippen LogP contribution in [0.4, 0.5) is 11.4 Å². The van der Waals surface area contributed by atoms with Gasteiger partial charge in [-0.05, 0) is 24.5 Å². The molecule has 7 heteroatoms. The molecule has 0 unspecified atom stereocenters. The smallest absolute Gasteiger partial charge is 0.293 e. The number of carbonyl (C=O) groups excluding carboxylic acids is 1. The first-order valence-corrected chi connectivity index (χ1v) is 8.64. The minimum atomic E-state index is -0.361. The van der Waals surface area contributed by atoms with E-state index < -0.39 is 0 Å². The number of rotatable bonds is 5. The van der Waals surface area contributed by atoms with Gasteiger partial charge in [0.1, 0.15) is 5.69 Å². The lowest BCUT2D eigenvalue weighted by atomic mass is 10.1. The van der Waals surface area contributed by atoms with Gasteiger partial charge >= 0.3 is 0 Å². The SMILES string of the molecule is CC(C)CCC(=O)N1CCN(c2ccc(Br)cc2[N+](=O)[O-])CC1. The zero-order valence-corrected chi connectivity index (χ0v) is 15.1. The summed E-state index contributed by atoms with van der Waals surface area (Å²) in [6.07, 6.45) is 1.48. The van der Waals surface area contributed by atoms with Crippen LogP contribution in [0.1, 0.15) is 26.7 Å². The molecule has 1 aliphatic rings. The van der Waals surface area contributed by atoms with E-state index in [2.05, 4.69) is 29.8 Å². The highest BCUT2D eigenvalue weighted by Gasteiger charge is 2.25. The lowest BCUT2D eigenvalue weighted by Crippen LogP contribution is -2.49. The zero-order chi connectivity index (χ0) is 17.0. The van der Waals surface area contributed by atoms with Crippen molar-refractivity contribution in [3.63, 3.8) is 0 Å². The molecule has 23 heavy (non-hydrogen) atoms. The van der Waals surface area contributed by atoms with Gasteiger partial charge < -0.3 is 9.80 Å². The summed E-state index contributed by atoms with van der Waals surface area (Å²) in [7, 11) is 0. The molecule has 0 bridgehead atoms. The van der Waals surface area contributed by atoms with E-state index in [0.29, 0.717) is 48.7 Å². The Bertz CT molecular complexity index is 584. The van der Waals surface area contributed by atoms with Gasteiger partial charge in [-0.25, -0.2) is 0 Å². The van der Waals surface area contributed by atoms with Crippen molar-refractivity contribution in [3.05, 3.63) is 32.8 Å². The van der Waals surface area contributed by atoms with Crippen LogP contribution in [-0.2, 0) is 4.79 Å². The van der Waals surface area contributed by atoms with E-state index in [1.54, 1.807) is 6.07 Å². The number of amides is 1. The molecule has 1 heterocycles. The summed E-state index contributed by atoms with van der Waals surface area (Å²) >= 11 is 3.27. The molecule has 1 aromatic rings. The number of halogens is 1. The highest BCUT2D eigenvalue weighted by Crippen LogP contribution is 2.31. The Kier molecular flexibility index (Phi) is 5.98. The topological polar surface area (TPSA) is 66.7 Å². The molecule has 1 aromatic carbocycles. The molecule has 0 radical (unpaired) electrons. The first-order chi connectivity index (χ1) is 10.9. The van der Waals surface area contributed by atoms with Crippen LogP contribution in [0.3, 0.4) is 0 Å². The number of carbonyl (C=O) groups is 1. The lowest BCUT2D eigenvalue weighted by Gasteiger charge is -2.36. The fraction of sp³-hybridized carbons (Fsp3) is 0.562. The summed E-state index contributed by atoms with van der Waals surface area (Å²) in [5.41, 5.74) is 0.714. The van der Waals surface area contributed by atoms with Crippen LogP contribution in [0.25, 0.3) is 0 Å². The van der Waals surface area contributed by atoms with Crippen molar-refractivity contribution in [1.29, 1.82) is 0 Å². The fourth-order valence-electron chi connectivity index (χ4n) is 2.68. The third-order valence-electron chi connectivity index (χ3n) is 4.04. The van der Waals surface area contributed by atoms with Crippen LogP contribution < -0.4 is 4.90 Å². The van der Waals surface area contributed by atoms with Gasteiger partial charge in [-0.15, -0.1) is 0 Å². The average molecular weight is 384 g/mol. The van der Waals surface area contributed by atoms with Crippen LogP contribution in [-0.4, -0.2) is 41.9 Å². The van der Waals surface area contributed by atoms with Gasteiger partial charge in [0.05, 0.1) is 4.92 Å². The summed E-state index contributed by atoms with van der Waals surface area (Å²) in [5, 5.41) is 11.2. The number of nitrogens with zero attached hydrogens (tertiary/aromatic N) is 3. The van der Waals surface area contributed by atoms with E-state index in [0.717, 1.165) is 6.42 Å². The summed E-state index contributed by atoms with van der Waals surface area (Å²) in [6.45, 7) is 6.69. The molecule has 0 aromatic heterocycles. The van der Waals surface area contributed by atoms with Crippen molar-refractivity contribution < 1.29 is 9.72 Å². The first kappa shape index (κ1) is 17.7. The fourth-order valence-corrected chi connectivity index (χ4v) is 3.03. The maximum atomic E-state index is 12.2. The lowest BCUT2D eigenvalue weighted by molar-refractivity contribution is -0.384. The molecule has 126 valence electrons. The third kappa shape index (κ3) is 4.67. The molecule has 0 atom stereocenters. The van der Waals surface area contributed by atoms with Crippen LogP contribution in [0.2, 0.25) is 0 Å². The Balaban J connectivity index is 1.99. The molecule has 1 amide bonds. The second-order valence-electron chi connectivity index (χ2n) is 6.19. The molecular weight excluding hydrogens is 362 g/mol. The Hall–Kier alpha value is -1.63. The number of anilines is 1. The monoisotopic (exact) mass is 383 g/mol. The van der Waals surface area contributed by atoms with Crippen LogP contribution in [0.15, 0.2) is 22.7 Å². The van der Waals surface area contributed by atoms with E-state index >= 15 is 0 Å². The van der Waals surface area contributed by atoms with Crippen LogP contribution in [0, 0.1) is 16.0 Å². The molecule has 0 aliphatic carbocycles. The molecule has 1 saturated heterocycles. The highest BCUT2D eigenvalue weighted by atomic mass is 79.9. The third-order valence-corrected chi connectivity index (χ3v) is 4.54. The Labute approximate surface area is 144 Å². The van der Waals surface area contributed by atoms with Gasteiger partial charge in [0.15, 0.2) is 0 Å². The standard InChI is InChI=1S/C16H22BrN3O3/c1-12(2)3-6-16(21)19-9-7-18(8-10-19)14-5-4-13(17)11-15(14)20(22)23/h4-5,11-12H,3,6-10H2,1-2H3. The number of benzene rings is 1. The number of hydrogen-bond acceptors (Lipinski definition) is 4. The maximum Gasteiger partial charge on any atom is 0.293 e. The Morgan fingerprint density at radius 1 is 1.30 bits per heavy atom. The first-order valence-electron chi connectivity index (χ1n) is 7.85. The normalized spacial score (nSPS) is 15.1. The van der Waals surface area contributed by atoms with Crippen LogP contribution >= 0.6 is 15.9 Å². The van der Waals surface area contributed by atoms with Crippen molar-refractivity contribution >= 4 is 33.2 Å². The van der Waals surface area contributed by atoms with Gasteiger partial charge in [0.2, 0.25) is 5.91 Å². The Morgan fingerprint density at radius 3 is 2.52 bits per heavy atom. The number of nitro groups is 1. The predicted octanol–water partition coefficient (Wildman–Crippen LogP) is 3.44. The van der Waals surface area contributed by atoms with E-state index in [9.17, 15) is 14.9 Å². The van der Waals surface area contributed by atoms with E-state index in [-0.39, 0.29) is 16.5 Å². The molecular formula is C16H22BrN3O3. The number of nitro benzene ring substituents is 1. The second kappa shape index (κ2) is 7.77. The van der Waals surface area contributed by atoms with Crippen molar-refractivity contribution in [2.75, 3.05) is 31.1 Å². The van der Waals surface area contributed by atoms with Crippen LogP contribution in [0.5, 0.6) is 0 Å². The number of piperazine rings is 1. The Morgan fingerprint density at radius 2 is 1.96 bits per heavy atom. The molecule has 0 saturated carbocycles. The molecule has 1 fully saturated rings. The minimum Gasteiger partial charge on any atom is -0.362 e. The molecule has 0 spiro atoms. The van der Waals surface area contributed by atoms with E-state index in [1.165, 1.54) is 6.07 Å². The van der Waals surface area contributed by atoms with Crippen molar-refractivity contribution in [2.45, 2.75) is 26.7 Å². The molecule has 1 aliphatic heterocycles. The predicted molar refractivity (Wildman–Crippen MR) is 93.7 cm³/mol. The largest absolute Gasteiger partial charge is 0.362 e.